The van der Waals surface area contributed by atoms with Gasteiger partial charge in [-0.25, -0.2) is 9.59 Å². The molecule has 1 heterocycles. The van der Waals surface area contributed by atoms with Crippen molar-refractivity contribution in [2.24, 2.45) is 0 Å². The van der Waals surface area contributed by atoms with E-state index in [1.54, 1.807) is 0 Å². The molecule has 1 aliphatic heterocycles. The highest BCUT2D eigenvalue weighted by molar-refractivity contribution is 5.53. The molecule has 1 saturated heterocycles. The van der Waals surface area contributed by atoms with Crippen molar-refractivity contribution >= 4 is 12.3 Å². The minimum absolute atomic E-state index is 0.269. The van der Waals surface area contributed by atoms with Crippen LogP contribution in [-0.2, 0) is 9.47 Å². The fourth-order valence-corrected chi connectivity index (χ4v) is 0.871. The Bertz CT molecular complexity index is 204. The first-order chi connectivity index (χ1) is 7.07. The molecule has 4 N–H and O–H groups in total. The van der Waals surface area contributed by atoms with Gasteiger partial charge in [0.05, 0.1) is 12.7 Å². The summed E-state index contributed by atoms with van der Waals surface area (Å²) in [5.41, 5.74) is 0. The molecule has 1 fully saturated rings. The molecular weight excluding hydrogens is 224 g/mol. The number of hydrogen-bond donors (Lipinski definition) is 4. The summed E-state index contributed by atoms with van der Waals surface area (Å²) in [6.07, 6.45) is -3.40. The Morgan fingerprint density at radius 3 is 1.50 bits per heavy atom. The first-order valence-electron chi connectivity index (χ1n) is 4.22. The van der Waals surface area contributed by atoms with Crippen molar-refractivity contribution in [1.29, 1.82) is 0 Å². The topological polar surface area (TPSA) is 134 Å². The van der Waals surface area contributed by atoms with Crippen LogP contribution in [0.3, 0.4) is 0 Å². The average Bonchev–Trinajstić information content (AvgIpc) is 2.25. The van der Waals surface area contributed by atoms with Crippen molar-refractivity contribution in [3.8, 4) is 0 Å². The highest BCUT2D eigenvalue weighted by Gasteiger charge is 2.29. The van der Waals surface area contributed by atoms with E-state index < -0.39 is 12.3 Å². The smallest absolute Gasteiger partial charge is 0.450 e. The molecule has 1 rings (SSSR count). The third kappa shape index (κ3) is 18.3. The van der Waals surface area contributed by atoms with Crippen LogP contribution in [-0.4, -0.2) is 51.2 Å². The normalized spacial score (nSPS) is 20.8. The highest BCUT2D eigenvalue weighted by Crippen LogP contribution is 2.21. The molecule has 1 aliphatic rings. The van der Waals surface area contributed by atoms with Crippen LogP contribution in [0.4, 0.5) is 9.59 Å². The third-order valence-corrected chi connectivity index (χ3v) is 1.15. The third-order valence-electron chi connectivity index (χ3n) is 1.15. The lowest BCUT2D eigenvalue weighted by molar-refractivity contribution is -0.136. The van der Waals surface area contributed by atoms with Gasteiger partial charge in [0.2, 0.25) is 0 Å². The number of hydrogen-bond acceptors (Lipinski definition) is 4. The lowest BCUT2D eigenvalue weighted by Crippen LogP contribution is -2.20. The lowest BCUT2D eigenvalue weighted by Gasteiger charge is -2.15. The summed E-state index contributed by atoms with van der Waals surface area (Å²) in [6.45, 7) is 6.59. The van der Waals surface area contributed by atoms with E-state index >= 15 is 0 Å². The molecule has 96 valence electrons. The van der Waals surface area contributed by atoms with Crippen molar-refractivity contribution in [3.63, 3.8) is 0 Å². The van der Waals surface area contributed by atoms with Crippen LogP contribution < -0.4 is 0 Å². The Hall–Kier alpha value is -1.54. The van der Waals surface area contributed by atoms with Crippen molar-refractivity contribution in [2.75, 3.05) is 6.61 Å². The first kappa shape index (κ1) is 16.9. The Morgan fingerprint density at radius 1 is 1.12 bits per heavy atom. The molecule has 1 atom stereocenters. The van der Waals surface area contributed by atoms with Gasteiger partial charge in [-0.1, -0.05) is 0 Å². The molecule has 0 aromatic heterocycles. The minimum atomic E-state index is -1.83. The minimum Gasteiger partial charge on any atom is -0.450 e. The lowest BCUT2D eigenvalue weighted by atomic mass is 10.4. The van der Waals surface area contributed by atoms with Gasteiger partial charge in [-0.2, -0.15) is 0 Å². The van der Waals surface area contributed by atoms with Crippen molar-refractivity contribution in [2.45, 2.75) is 32.7 Å². The Morgan fingerprint density at radius 2 is 1.44 bits per heavy atom. The van der Waals surface area contributed by atoms with Gasteiger partial charge in [-0.3, -0.25) is 0 Å². The van der Waals surface area contributed by atoms with E-state index in [1.165, 1.54) is 0 Å². The van der Waals surface area contributed by atoms with Crippen molar-refractivity contribution in [1.82, 2.24) is 0 Å². The van der Waals surface area contributed by atoms with Crippen LogP contribution in [0, 0.1) is 0 Å². The summed E-state index contributed by atoms with van der Waals surface area (Å²) in [5.74, 6) is -0.334. The van der Waals surface area contributed by atoms with Crippen LogP contribution in [0.15, 0.2) is 0 Å². The zero-order chi connectivity index (χ0) is 13.4. The van der Waals surface area contributed by atoms with Gasteiger partial charge >= 0.3 is 12.3 Å². The molecule has 8 nitrogen and oxygen atoms in total. The molecule has 0 bridgehead atoms. The van der Waals surface area contributed by atoms with E-state index in [9.17, 15) is 0 Å². The quantitative estimate of drug-likeness (QED) is 0.501. The van der Waals surface area contributed by atoms with E-state index in [-0.39, 0.29) is 11.9 Å². The standard InChI is InChI=1S/C6H12O2.2CH2O3/c1-5-4-7-6(2,3)8-5;2*2-1(3)4/h5H,4H2,1-3H3;2*(H2,2,3,4). The molecule has 1 unspecified atom stereocenters. The van der Waals surface area contributed by atoms with Crippen LogP contribution in [0.2, 0.25) is 0 Å². The molecule has 16 heavy (non-hydrogen) atoms. The summed E-state index contributed by atoms with van der Waals surface area (Å²) in [7, 11) is 0. The monoisotopic (exact) mass is 240 g/mol. The SMILES string of the molecule is CC1COC(C)(C)O1.O=C(O)O.O=C(O)O. The van der Waals surface area contributed by atoms with E-state index in [2.05, 4.69) is 0 Å². The highest BCUT2D eigenvalue weighted by atomic mass is 16.7. The van der Waals surface area contributed by atoms with E-state index in [4.69, 9.17) is 39.5 Å². The van der Waals surface area contributed by atoms with Crippen LogP contribution in [0.1, 0.15) is 20.8 Å². The molecule has 0 aromatic rings. The first-order valence-corrected chi connectivity index (χ1v) is 4.22. The van der Waals surface area contributed by atoms with Gasteiger partial charge in [0.25, 0.3) is 0 Å². The summed E-state index contributed by atoms with van der Waals surface area (Å²) >= 11 is 0. The summed E-state index contributed by atoms with van der Waals surface area (Å²) in [6, 6.07) is 0. The fourth-order valence-electron chi connectivity index (χ4n) is 0.871. The van der Waals surface area contributed by atoms with Gasteiger partial charge in [0.1, 0.15) is 0 Å². The van der Waals surface area contributed by atoms with Crippen molar-refractivity contribution < 1.29 is 39.5 Å². The van der Waals surface area contributed by atoms with E-state index in [1.807, 2.05) is 20.8 Å². The maximum absolute atomic E-state index is 8.56. The van der Waals surface area contributed by atoms with Gasteiger partial charge < -0.3 is 29.9 Å². The molecule has 0 aromatic carbocycles. The van der Waals surface area contributed by atoms with Crippen molar-refractivity contribution in [3.05, 3.63) is 0 Å². The second kappa shape index (κ2) is 7.71. The van der Waals surface area contributed by atoms with Crippen LogP contribution >= 0.6 is 0 Å². The van der Waals surface area contributed by atoms with E-state index in [0.717, 1.165) is 6.61 Å². The fraction of sp³-hybridized carbons (Fsp3) is 0.750. The summed E-state index contributed by atoms with van der Waals surface area (Å²) in [5, 5.41) is 27.9. The maximum atomic E-state index is 8.56. The Labute approximate surface area is 92.0 Å². The largest absolute Gasteiger partial charge is 0.503 e. The van der Waals surface area contributed by atoms with Gasteiger partial charge in [-0.05, 0) is 20.8 Å². The number of carboxylic acid groups (broad SMARTS) is 4. The Balaban J connectivity index is 0. The predicted octanol–water partition coefficient (Wildman–Crippen LogP) is 1.60. The summed E-state index contributed by atoms with van der Waals surface area (Å²) in [4.78, 5) is 17.1. The zero-order valence-electron chi connectivity index (χ0n) is 9.21. The molecule has 0 radical (unpaired) electrons. The Kier molecular flexibility index (Phi) is 8.13. The predicted molar refractivity (Wildman–Crippen MR) is 51.9 cm³/mol. The molecular formula is C8H16O8. The zero-order valence-corrected chi connectivity index (χ0v) is 9.21. The van der Waals surface area contributed by atoms with Gasteiger partial charge in [0.15, 0.2) is 5.79 Å². The van der Waals surface area contributed by atoms with Gasteiger partial charge in [0, 0.05) is 0 Å². The second-order valence-corrected chi connectivity index (χ2v) is 3.20. The maximum Gasteiger partial charge on any atom is 0.503 e. The number of carbonyl (C=O) groups is 2. The number of rotatable bonds is 0. The van der Waals surface area contributed by atoms with Gasteiger partial charge in [-0.15, -0.1) is 0 Å². The van der Waals surface area contributed by atoms with Crippen LogP contribution in [0.5, 0.6) is 0 Å². The molecule has 8 heteroatoms. The van der Waals surface area contributed by atoms with Crippen LogP contribution in [0.25, 0.3) is 0 Å². The molecule has 0 amide bonds. The van der Waals surface area contributed by atoms with E-state index in [0.29, 0.717) is 0 Å². The molecule has 0 saturated carbocycles. The average molecular weight is 240 g/mol. The number of ether oxygens (including phenoxy) is 2. The second-order valence-electron chi connectivity index (χ2n) is 3.20. The molecule has 0 aliphatic carbocycles. The molecule has 0 spiro atoms. The summed E-state index contributed by atoms with van der Waals surface area (Å²) < 4.78 is 10.6.